The first-order valence-electron chi connectivity index (χ1n) is 3.81. The summed E-state index contributed by atoms with van der Waals surface area (Å²) in [5.41, 5.74) is 0. The SMILES string of the molecule is CC1CO[C@@H](C)[C@@H](C)C1. The number of rotatable bonds is 0. The van der Waals surface area contributed by atoms with E-state index in [4.69, 9.17) is 4.74 Å². The second kappa shape index (κ2) is 2.70. The largest absolute Gasteiger partial charge is 0.378 e. The van der Waals surface area contributed by atoms with Gasteiger partial charge in [0.25, 0.3) is 0 Å². The summed E-state index contributed by atoms with van der Waals surface area (Å²) in [5, 5.41) is 0. The third-order valence-electron chi connectivity index (χ3n) is 2.22. The highest BCUT2D eigenvalue weighted by Gasteiger charge is 2.21. The van der Waals surface area contributed by atoms with Crippen molar-refractivity contribution in [3.05, 3.63) is 0 Å². The van der Waals surface area contributed by atoms with Crippen molar-refractivity contribution in [1.82, 2.24) is 0 Å². The minimum Gasteiger partial charge on any atom is -0.378 e. The normalized spacial score (nSPS) is 45.0. The van der Waals surface area contributed by atoms with Crippen LogP contribution in [-0.4, -0.2) is 12.7 Å². The molecule has 1 fully saturated rings. The van der Waals surface area contributed by atoms with Crippen molar-refractivity contribution in [1.29, 1.82) is 0 Å². The molecule has 0 radical (unpaired) electrons. The van der Waals surface area contributed by atoms with Gasteiger partial charge >= 0.3 is 0 Å². The van der Waals surface area contributed by atoms with E-state index in [0.717, 1.165) is 18.4 Å². The molecule has 0 spiro atoms. The predicted molar refractivity (Wildman–Crippen MR) is 38.4 cm³/mol. The molecule has 0 bridgehead atoms. The Morgan fingerprint density at radius 1 is 1.22 bits per heavy atom. The lowest BCUT2D eigenvalue weighted by Crippen LogP contribution is -2.29. The smallest absolute Gasteiger partial charge is 0.0572 e. The number of hydrogen-bond acceptors (Lipinski definition) is 1. The molecule has 1 rings (SSSR count). The van der Waals surface area contributed by atoms with Crippen molar-refractivity contribution in [2.24, 2.45) is 11.8 Å². The van der Waals surface area contributed by atoms with Crippen LogP contribution in [0.3, 0.4) is 0 Å². The average molecular weight is 128 g/mol. The molecule has 0 aromatic rings. The van der Waals surface area contributed by atoms with Gasteiger partial charge in [-0.2, -0.15) is 0 Å². The third-order valence-corrected chi connectivity index (χ3v) is 2.22. The van der Waals surface area contributed by atoms with Gasteiger partial charge in [-0.25, -0.2) is 0 Å². The first-order valence-corrected chi connectivity index (χ1v) is 3.81. The zero-order valence-corrected chi connectivity index (χ0v) is 6.55. The van der Waals surface area contributed by atoms with Crippen LogP contribution in [0.1, 0.15) is 27.2 Å². The van der Waals surface area contributed by atoms with Crippen LogP contribution >= 0.6 is 0 Å². The van der Waals surface area contributed by atoms with Gasteiger partial charge in [-0.3, -0.25) is 0 Å². The summed E-state index contributed by atoms with van der Waals surface area (Å²) in [6.45, 7) is 7.64. The molecule has 1 heteroatoms. The van der Waals surface area contributed by atoms with E-state index in [1.165, 1.54) is 6.42 Å². The summed E-state index contributed by atoms with van der Waals surface area (Å²) in [7, 11) is 0. The van der Waals surface area contributed by atoms with E-state index in [9.17, 15) is 0 Å². The summed E-state index contributed by atoms with van der Waals surface area (Å²) in [6.07, 6.45) is 1.82. The molecule has 3 atom stereocenters. The van der Waals surface area contributed by atoms with Gasteiger partial charge in [0, 0.05) is 6.61 Å². The monoisotopic (exact) mass is 128 g/mol. The minimum atomic E-state index is 0.487. The molecule has 1 unspecified atom stereocenters. The average Bonchev–Trinajstić information content (AvgIpc) is 1.80. The maximum Gasteiger partial charge on any atom is 0.0572 e. The van der Waals surface area contributed by atoms with E-state index in [1.807, 2.05) is 0 Å². The molecule has 0 N–H and O–H groups in total. The van der Waals surface area contributed by atoms with Gasteiger partial charge in [-0.05, 0) is 25.2 Å². The Bertz CT molecular complexity index is 90.6. The summed E-state index contributed by atoms with van der Waals surface area (Å²) in [4.78, 5) is 0. The molecule has 0 amide bonds. The lowest BCUT2D eigenvalue weighted by molar-refractivity contribution is -0.0351. The van der Waals surface area contributed by atoms with Crippen molar-refractivity contribution in [2.45, 2.75) is 33.3 Å². The van der Waals surface area contributed by atoms with Crippen LogP contribution in [0.5, 0.6) is 0 Å². The van der Waals surface area contributed by atoms with Crippen LogP contribution in [0, 0.1) is 11.8 Å². The van der Waals surface area contributed by atoms with Crippen molar-refractivity contribution in [3.63, 3.8) is 0 Å². The summed E-state index contributed by atoms with van der Waals surface area (Å²) in [5.74, 6) is 1.53. The Kier molecular flexibility index (Phi) is 2.12. The van der Waals surface area contributed by atoms with Gasteiger partial charge in [0.2, 0.25) is 0 Å². The Morgan fingerprint density at radius 3 is 2.33 bits per heavy atom. The molecule has 1 aliphatic rings. The van der Waals surface area contributed by atoms with Crippen LogP contribution in [0.2, 0.25) is 0 Å². The Labute approximate surface area is 57.4 Å². The first-order chi connectivity index (χ1) is 4.20. The van der Waals surface area contributed by atoms with Crippen molar-refractivity contribution >= 4 is 0 Å². The van der Waals surface area contributed by atoms with E-state index >= 15 is 0 Å². The second-order valence-electron chi connectivity index (χ2n) is 3.36. The molecular formula is C8H16O. The van der Waals surface area contributed by atoms with Crippen LogP contribution < -0.4 is 0 Å². The standard InChI is InChI=1S/C8H16O/c1-6-4-7(2)8(3)9-5-6/h6-8H,4-5H2,1-3H3/t6?,7-,8-/m0/s1. The first kappa shape index (κ1) is 7.07. The van der Waals surface area contributed by atoms with Crippen molar-refractivity contribution in [3.8, 4) is 0 Å². The van der Waals surface area contributed by atoms with Gasteiger partial charge in [0.05, 0.1) is 6.10 Å². The van der Waals surface area contributed by atoms with Gasteiger partial charge in [-0.15, -0.1) is 0 Å². The van der Waals surface area contributed by atoms with Gasteiger partial charge in [0.15, 0.2) is 0 Å². The highest BCUT2D eigenvalue weighted by molar-refractivity contribution is 4.70. The molecule has 0 aromatic carbocycles. The molecule has 9 heavy (non-hydrogen) atoms. The maximum absolute atomic E-state index is 5.50. The molecule has 1 heterocycles. The van der Waals surface area contributed by atoms with E-state index in [0.29, 0.717) is 6.10 Å². The number of hydrogen-bond donors (Lipinski definition) is 0. The highest BCUT2D eigenvalue weighted by Crippen LogP contribution is 2.23. The molecule has 1 nitrogen and oxygen atoms in total. The quantitative estimate of drug-likeness (QED) is 0.485. The maximum atomic E-state index is 5.50. The summed E-state index contributed by atoms with van der Waals surface area (Å²) < 4.78 is 5.50. The van der Waals surface area contributed by atoms with Crippen LogP contribution in [0.25, 0.3) is 0 Å². The fourth-order valence-corrected chi connectivity index (χ4v) is 1.37. The molecule has 0 aromatic heterocycles. The van der Waals surface area contributed by atoms with Gasteiger partial charge in [-0.1, -0.05) is 13.8 Å². The predicted octanol–water partition coefficient (Wildman–Crippen LogP) is 2.07. The number of ether oxygens (including phenoxy) is 1. The van der Waals surface area contributed by atoms with E-state index in [2.05, 4.69) is 20.8 Å². The molecule has 54 valence electrons. The Morgan fingerprint density at radius 2 is 1.89 bits per heavy atom. The van der Waals surface area contributed by atoms with Crippen molar-refractivity contribution in [2.75, 3.05) is 6.61 Å². The lowest BCUT2D eigenvalue weighted by Gasteiger charge is -2.30. The molecule has 0 aliphatic carbocycles. The summed E-state index contributed by atoms with van der Waals surface area (Å²) >= 11 is 0. The Balaban J connectivity index is 2.35. The zero-order chi connectivity index (χ0) is 6.85. The van der Waals surface area contributed by atoms with Gasteiger partial charge in [0.1, 0.15) is 0 Å². The lowest BCUT2D eigenvalue weighted by atomic mass is 9.91. The molecule has 1 aliphatic heterocycles. The van der Waals surface area contributed by atoms with Crippen LogP contribution in [0.4, 0.5) is 0 Å². The highest BCUT2D eigenvalue weighted by atomic mass is 16.5. The molecule has 0 saturated carbocycles. The van der Waals surface area contributed by atoms with Crippen LogP contribution in [-0.2, 0) is 4.74 Å². The zero-order valence-electron chi connectivity index (χ0n) is 6.55. The minimum absolute atomic E-state index is 0.487. The fourth-order valence-electron chi connectivity index (χ4n) is 1.37. The van der Waals surface area contributed by atoms with Crippen molar-refractivity contribution < 1.29 is 4.74 Å². The van der Waals surface area contributed by atoms with Gasteiger partial charge < -0.3 is 4.74 Å². The molecule has 1 saturated heterocycles. The Hall–Kier alpha value is -0.0400. The van der Waals surface area contributed by atoms with E-state index in [-0.39, 0.29) is 0 Å². The van der Waals surface area contributed by atoms with Crippen LogP contribution in [0.15, 0.2) is 0 Å². The molecular weight excluding hydrogens is 112 g/mol. The summed E-state index contributed by atoms with van der Waals surface area (Å²) in [6, 6.07) is 0. The third kappa shape index (κ3) is 1.68. The fraction of sp³-hybridized carbons (Fsp3) is 1.00. The van der Waals surface area contributed by atoms with E-state index < -0.39 is 0 Å². The second-order valence-corrected chi connectivity index (χ2v) is 3.36. The van der Waals surface area contributed by atoms with E-state index in [1.54, 1.807) is 0 Å². The topological polar surface area (TPSA) is 9.23 Å².